The molecule has 0 spiro atoms. The molecule has 0 amide bonds. The van der Waals surface area contributed by atoms with Gasteiger partial charge in [-0.05, 0) is 38.0 Å². The number of nitrogens with zero attached hydrogens (tertiary/aromatic N) is 1. The van der Waals surface area contributed by atoms with Crippen LogP contribution in [0.2, 0.25) is 0 Å². The zero-order valence-corrected chi connectivity index (χ0v) is 11.3. The molecular formula is C14H27N3. The van der Waals surface area contributed by atoms with E-state index in [1.807, 2.05) is 7.05 Å². The second-order valence-corrected chi connectivity index (χ2v) is 5.63. The molecule has 0 heterocycles. The Morgan fingerprint density at radius 3 is 2.29 bits per heavy atom. The third-order valence-electron chi connectivity index (χ3n) is 4.37. The van der Waals surface area contributed by atoms with Crippen LogP contribution in [0.1, 0.15) is 58.3 Å². The molecule has 0 aliphatic heterocycles. The van der Waals surface area contributed by atoms with Crippen molar-refractivity contribution in [1.82, 2.24) is 10.6 Å². The average Bonchev–Trinajstić information content (AvgIpc) is 2.32. The quantitative estimate of drug-likeness (QED) is 0.585. The Kier molecular flexibility index (Phi) is 4.69. The molecule has 0 bridgehead atoms. The van der Waals surface area contributed by atoms with Gasteiger partial charge in [0.25, 0.3) is 0 Å². The lowest BCUT2D eigenvalue weighted by molar-refractivity contribution is 0.295. The largest absolute Gasteiger partial charge is 0.354 e. The fraction of sp³-hybridized carbons (Fsp3) is 0.929. The van der Waals surface area contributed by atoms with E-state index in [-0.39, 0.29) is 0 Å². The topological polar surface area (TPSA) is 36.4 Å². The highest BCUT2D eigenvalue weighted by Crippen LogP contribution is 2.26. The van der Waals surface area contributed by atoms with Crippen LogP contribution in [0, 0.1) is 5.92 Å². The standard InChI is InChI=1S/C14H27N3/c1-3-11-6-4-9-13(10-11)17-14(15-2)16-12-7-5-8-12/h11-13H,3-10H2,1-2H3,(H2,15,16,17). The SMILES string of the molecule is CCC1CCCC(NC(=NC)NC2CCC2)C1. The van der Waals surface area contributed by atoms with E-state index in [0.717, 1.165) is 11.9 Å². The number of guanidine groups is 1. The van der Waals surface area contributed by atoms with Gasteiger partial charge < -0.3 is 10.6 Å². The maximum absolute atomic E-state index is 4.35. The minimum atomic E-state index is 0.639. The predicted molar refractivity (Wildman–Crippen MR) is 73.3 cm³/mol. The second kappa shape index (κ2) is 6.27. The molecule has 2 fully saturated rings. The lowest BCUT2D eigenvalue weighted by Crippen LogP contribution is -2.50. The normalized spacial score (nSPS) is 30.8. The van der Waals surface area contributed by atoms with Crippen molar-refractivity contribution < 1.29 is 0 Å². The summed E-state index contributed by atoms with van der Waals surface area (Å²) in [6.45, 7) is 2.31. The summed E-state index contributed by atoms with van der Waals surface area (Å²) in [5.74, 6) is 1.94. The van der Waals surface area contributed by atoms with Gasteiger partial charge >= 0.3 is 0 Å². The smallest absolute Gasteiger partial charge is 0.191 e. The van der Waals surface area contributed by atoms with Crippen molar-refractivity contribution >= 4 is 5.96 Å². The monoisotopic (exact) mass is 237 g/mol. The van der Waals surface area contributed by atoms with E-state index in [4.69, 9.17) is 0 Å². The van der Waals surface area contributed by atoms with Gasteiger partial charge in [-0.3, -0.25) is 4.99 Å². The van der Waals surface area contributed by atoms with Gasteiger partial charge in [0.05, 0.1) is 0 Å². The van der Waals surface area contributed by atoms with Crippen molar-refractivity contribution in [2.75, 3.05) is 7.05 Å². The van der Waals surface area contributed by atoms with Gasteiger partial charge in [0.1, 0.15) is 0 Å². The molecule has 0 aromatic carbocycles. The summed E-state index contributed by atoms with van der Waals surface area (Å²) >= 11 is 0. The van der Waals surface area contributed by atoms with Crippen LogP contribution in [-0.4, -0.2) is 25.1 Å². The molecule has 2 atom stereocenters. The Morgan fingerprint density at radius 2 is 1.71 bits per heavy atom. The van der Waals surface area contributed by atoms with Crippen LogP contribution in [0.25, 0.3) is 0 Å². The maximum Gasteiger partial charge on any atom is 0.191 e. The summed E-state index contributed by atoms with van der Waals surface area (Å²) in [6.07, 6.45) is 10.7. The molecule has 2 aliphatic rings. The Morgan fingerprint density at radius 1 is 1.06 bits per heavy atom. The van der Waals surface area contributed by atoms with Crippen LogP contribution >= 0.6 is 0 Å². The molecule has 0 aromatic heterocycles. The molecule has 2 aliphatic carbocycles. The molecule has 17 heavy (non-hydrogen) atoms. The highest BCUT2D eigenvalue weighted by molar-refractivity contribution is 5.80. The van der Waals surface area contributed by atoms with Crippen molar-refractivity contribution in [1.29, 1.82) is 0 Å². The van der Waals surface area contributed by atoms with Gasteiger partial charge in [-0.1, -0.05) is 26.2 Å². The number of nitrogens with one attached hydrogen (secondary N) is 2. The molecule has 2 unspecified atom stereocenters. The molecule has 3 nitrogen and oxygen atoms in total. The van der Waals surface area contributed by atoms with E-state index in [1.54, 1.807) is 0 Å². The second-order valence-electron chi connectivity index (χ2n) is 5.63. The van der Waals surface area contributed by atoms with Crippen molar-refractivity contribution in [3.8, 4) is 0 Å². The summed E-state index contributed by atoms with van der Waals surface area (Å²) in [5.41, 5.74) is 0. The molecule has 2 saturated carbocycles. The van der Waals surface area contributed by atoms with Gasteiger partial charge in [-0.15, -0.1) is 0 Å². The highest BCUT2D eigenvalue weighted by Gasteiger charge is 2.23. The van der Waals surface area contributed by atoms with Crippen molar-refractivity contribution in [2.45, 2.75) is 70.4 Å². The Bertz CT molecular complexity index is 258. The number of hydrogen-bond acceptors (Lipinski definition) is 1. The summed E-state index contributed by atoms with van der Waals surface area (Å²) in [4.78, 5) is 4.35. The lowest BCUT2D eigenvalue weighted by Gasteiger charge is -2.33. The third-order valence-corrected chi connectivity index (χ3v) is 4.37. The van der Waals surface area contributed by atoms with Crippen LogP contribution < -0.4 is 10.6 Å². The lowest BCUT2D eigenvalue weighted by atomic mass is 9.84. The van der Waals surface area contributed by atoms with E-state index in [9.17, 15) is 0 Å². The molecule has 0 saturated heterocycles. The zero-order chi connectivity index (χ0) is 12.1. The van der Waals surface area contributed by atoms with Gasteiger partial charge in [0.2, 0.25) is 0 Å². The van der Waals surface area contributed by atoms with Gasteiger partial charge in [0, 0.05) is 19.1 Å². The first kappa shape index (κ1) is 12.7. The zero-order valence-electron chi connectivity index (χ0n) is 11.3. The summed E-state index contributed by atoms with van der Waals surface area (Å²) in [7, 11) is 1.88. The molecule has 0 radical (unpaired) electrons. The van der Waals surface area contributed by atoms with E-state index < -0.39 is 0 Å². The molecule has 2 rings (SSSR count). The molecule has 0 aromatic rings. The van der Waals surface area contributed by atoms with E-state index in [2.05, 4.69) is 22.5 Å². The number of aliphatic imine (C=N–C) groups is 1. The first-order valence-corrected chi connectivity index (χ1v) is 7.31. The van der Waals surface area contributed by atoms with Gasteiger partial charge in [-0.25, -0.2) is 0 Å². The molecular weight excluding hydrogens is 210 g/mol. The van der Waals surface area contributed by atoms with Gasteiger partial charge in [0.15, 0.2) is 5.96 Å². The van der Waals surface area contributed by atoms with E-state index >= 15 is 0 Å². The van der Waals surface area contributed by atoms with Crippen LogP contribution in [-0.2, 0) is 0 Å². The Hall–Kier alpha value is -0.730. The predicted octanol–water partition coefficient (Wildman–Crippen LogP) is 2.67. The first-order chi connectivity index (χ1) is 8.31. The van der Waals surface area contributed by atoms with Crippen molar-refractivity contribution in [3.63, 3.8) is 0 Å². The molecule has 3 heteroatoms. The molecule has 2 N–H and O–H groups in total. The minimum Gasteiger partial charge on any atom is -0.354 e. The number of hydrogen-bond donors (Lipinski definition) is 2. The van der Waals surface area contributed by atoms with E-state index in [0.29, 0.717) is 12.1 Å². The van der Waals surface area contributed by atoms with Crippen molar-refractivity contribution in [2.24, 2.45) is 10.9 Å². The van der Waals surface area contributed by atoms with Crippen LogP contribution in [0.15, 0.2) is 4.99 Å². The van der Waals surface area contributed by atoms with Crippen LogP contribution in [0.5, 0.6) is 0 Å². The number of rotatable bonds is 3. The Balaban J connectivity index is 1.77. The van der Waals surface area contributed by atoms with Crippen molar-refractivity contribution in [3.05, 3.63) is 0 Å². The summed E-state index contributed by atoms with van der Waals surface area (Å²) in [5, 5.41) is 7.13. The maximum atomic E-state index is 4.35. The summed E-state index contributed by atoms with van der Waals surface area (Å²) < 4.78 is 0. The average molecular weight is 237 g/mol. The highest BCUT2D eigenvalue weighted by atomic mass is 15.2. The van der Waals surface area contributed by atoms with E-state index in [1.165, 1.54) is 51.4 Å². The van der Waals surface area contributed by atoms with Gasteiger partial charge in [-0.2, -0.15) is 0 Å². The third kappa shape index (κ3) is 3.62. The summed E-state index contributed by atoms with van der Waals surface area (Å²) in [6, 6.07) is 1.31. The Labute approximate surface area is 105 Å². The molecule has 98 valence electrons. The van der Waals surface area contributed by atoms with Crippen LogP contribution in [0.4, 0.5) is 0 Å². The fourth-order valence-corrected chi connectivity index (χ4v) is 2.90. The fourth-order valence-electron chi connectivity index (χ4n) is 2.90. The first-order valence-electron chi connectivity index (χ1n) is 7.31. The van der Waals surface area contributed by atoms with Crippen LogP contribution in [0.3, 0.4) is 0 Å². The minimum absolute atomic E-state index is 0.639.